The van der Waals surface area contributed by atoms with Crippen molar-refractivity contribution in [3.05, 3.63) is 48.0 Å². The summed E-state index contributed by atoms with van der Waals surface area (Å²) in [6.45, 7) is 5.14. The van der Waals surface area contributed by atoms with Gasteiger partial charge in [0.05, 0.1) is 11.9 Å². The molecule has 0 saturated heterocycles. The number of hydrogen-bond acceptors (Lipinski definition) is 8. The average molecular weight is 366 g/mol. The Kier molecular flexibility index (Phi) is 3.81. The summed E-state index contributed by atoms with van der Waals surface area (Å²) in [5, 5.41) is 14.4. The van der Waals surface area contributed by atoms with Crippen molar-refractivity contribution in [2.45, 2.75) is 26.4 Å². The SMILES string of the molecule is Cc1ccc(-c2nc(N)nc3c(Oc4cccc(C(C)(C)O)n4)cnn23)o1. The lowest BCUT2D eigenvalue weighted by atomic mass is 10.1. The van der Waals surface area contributed by atoms with E-state index in [4.69, 9.17) is 14.9 Å². The van der Waals surface area contributed by atoms with Crippen LogP contribution in [0.25, 0.3) is 17.2 Å². The molecule has 0 atom stereocenters. The molecule has 0 amide bonds. The van der Waals surface area contributed by atoms with E-state index < -0.39 is 5.60 Å². The molecule has 4 heterocycles. The largest absolute Gasteiger partial charge is 0.458 e. The Morgan fingerprint density at radius 2 is 1.96 bits per heavy atom. The third kappa shape index (κ3) is 3.20. The van der Waals surface area contributed by atoms with Crippen LogP contribution in [0.4, 0.5) is 5.95 Å². The summed E-state index contributed by atoms with van der Waals surface area (Å²) in [5.74, 6) is 2.40. The molecule has 0 aliphatic carbocycles. The lowest BCUT2D eigenvalue weighted by Gasteiger charge is -2.16. The third-order valence-electron chi connectivity index (χ3n) is 3.88. The number of anilines is 1. The normalized spacial score (nSPS) is 11.9. The van der Waals surface area contributed by atoms with Gasteiger partial charge in [-0.15, -0.1) is 0 Å². The minimum atomic E-state index is -1.09. The van der Waals surface area contributed by atoms with E-state index in [1.807, 2.05) is 13.0 Å². The monoisotopic (exact) mass is 366 g/mol. The molecule has 9 heteroatoms. The van der Waals surface area contributed by atoms with Gasteiger partial charge in [-0.1, -0.05) is 6.07 Å². The van der Waals surface area contributed by atoms with E-state index in [2.05, 4.69) is 20.1 Å². The minimum absolute atomic E-state index is 0.0649. The maximum Gasteiger partial charge on any atom is 0.224 e. The van der Waals surface area contributed by atoms with Crippen LogP contribution in [-0.2, 0) is 5.60 Å². The van der Waals surface area contributed by atoms with Crippen LogP contribution in [-0.4, -0.2) is 29.7 Å². The number of aliphatic hydroxyl groups is 1. The molecule has 0 spiro atoms. The second-order valence-corrected chi connectivity index (χ2v) is 6.58. The Morgan fingerprint density at radius 1 is 1.15 bits per heavy atom. The van der Waals surface area contributed by atoms with Gasteiger partial charge in [-0.2, -0.15) is 19.6 Å². The first-order chi connectivity index (χ1) is 12.8. The van der Waals surface area contributed by atoms with Gasteiger partial charge in [-0.3, -0.25) is 0 Å². The van der Waals surface area contributed by atoms with Gasteiger partial charge in [0.1, 0.15) is 11.4 Å². The molecule has 9 nitrogen and oxygen atoms in total. The van der Waals surface area contributed by atoms with E-state index in [1.54, 1.807) is 38.1 Å². The molecule has 0 bridgehead atoms. The van der Waals surface area contributed by atoms with Gasteiger partial charge in [0, 0.05) is 6.07 Å². The van der Waals surface area contributed by atoms with Crippen LogP contribution in [0.3, 0.4) is 0 Å². The van der Waals surface area contributed by atoms with Crippen LogP contribution in [0.5, 0.6) is 11.6 Å². The Balaban J connectivity index is 1.77. The fraction of sp³-hybridized carbons (Fsp3) is 0.222. The van der Waals surface area contributed by atoms with Gasteiger partial charge in [-0.05, 0) is 39.0 Å². The van der Waals surface area contributed by atoms with Crippen molar-refractivity contribution >= 4 is 11.6 Å². The molecule has 0 aliphatic rings. The second-order valence-electron chi connectivity index (χ2n) is 6.58. The first-order valence-corrected chi connectivity index (χ1v) is 8.27. The summed E-state index contributed by atoms with van der Waals surface area (Å²) >= 11 is 0. The summed E-state index contributed by atoms with van der Waals surface area (Å²) in [4.78, 5) is 12.8. The fourth-order valence-corrected chi connectivity index (χ4v) is 2.59. The van der Waals surface area contributed by atoms with Crippen molar-refractivity contribution in [2.75, 3.05) is 5.73 Å². The number of pyridine rings is 1. The van der Waals surface area contributed by atoms with Gasteiger partial charge in [-0.25, -0.2) is 4.98 Å². The van der Waals surface area contributed by atoms with E-state index in [0.29, 0.717) is 34.6 Å². The molecular weight excluding hydrogens is 348 g/mol. The zero-order valence-corrected chi connectivity index (χ0v) is 15.0. The Bertz CT molecular complexity index is 1130. The molecule has 0 aromatic carbocycles. The predicted octanol–water partition coefficient (Wildman–Crippen LogP) is 2.69. The Hall–Kier alpha value is -3.46. The molecule has 0 saturated carbocycles. The summed E-state index contributed by atoms with van der Waals surface area (Å²) in [6, 6.07) is 8.77. The highest BCUT2D eigenvalue weighted by molar-refractivity contribution is 5.61. The Morgan fingerprint density at radius 3 is 2.67 bits per heavy atom. The highest BCUT2D eigenvalue weighted by Crippen LogP contribution is 2.29. The van der Waals surface area contributed by atoms with Crippen LogP contribution < -0.4 is 10.5 Å². The van der Waals surface area contributed by atoms with Crippen LogP contribution >= 0.6 is 0 Å². The average Bonchev–Trinajstić information content (AvgIpc) is 3.21. The highest BCUT2D eigenvalue weighted by atomic mass is 16.5. The molecule has 27 heavy (non-hydrogen) atoms. The number of nitrogen functional groups attached to an aromatic ring is 1. The maximum atomic E-state index is 10.1. The third-order valence-corrected chi connectivity index (χ3v) is 3.88. The zero-order valence-electron chi connectivity index (χ0n) is 15.0. The van der Waals surface area contributed by atoms with Gasteiger partial charge >= 0.3 is 0 Å². The number of rotatable bonds is 4. The lowest BCUT2D eigenvalue weighted by Crippen LogP contribution is -2.17. The first kappa shape index (κ1) is 17.0. The van der Waals surface area contributed by atoms with E-state index in [9.17, 15) is 5.11 Å². The smallest absolute Gasteiger partial charge is 0.224 e. The second kappa shape index (κ2) is 6.06. The van der Waals surface area contributed by atoms with E-state index in [-0.39, 0.29) is 5.95 Å². The molecule has 4 aromatic heterocycles. The number of nitrogens with zero attached hydrogens (tertiary/aromatic N) is 5. The van der Waals surface area contributed by atoms with Gasteiger partial charge in [0.25, 0.3) is 0 Å². The van der Waals surface area contributed by atoms with Crippen molar-refractivity contribution in [1.29, 1.82) is 0 Å². The van der Waals surface area contributed by atoms with Crippen LogP contribution in [0.15, 0.2) is 40.9 Å². The zero-order chi connectivity index (χ0) is 19.2. The van der Waals surface area contributed by atoms with Crippen LogP contribution in [0.1, 0.15) is 25.3 Å². The molecule has 3 N–H and O–H groups in total. The number of nitrogens with two attached hydrogens (primary N) is 1. The van der Waals surface area contributed by atoms with Crippen molar-refractivity contribution in [3.8, 4) is 23.2 Å². The molecule has 4 rings (SSSR count). The van der Waals surface area contributed by atoms with Crippen LogP contribution in [0, 0.1) is 6.92 Å². The van der Waals surface area contributed by atoms with Gasteiger partial charge < -0.3 is 20.0 Å². The standard InChI is InChI=1S/C18H18N6O3/c1-10-7-8-11(26-10)15-22-17(19)23-16-12(9-20-24(15)16)27-14-6-4-5-13(21-14)18(2,3)25/h4-9,25H,1-3H3,(H2,19,23). The summed E-state index contributed by atoms with van der Waals surface area (Å²) in [7, 11) is 0. The topological polar surface area (TPSA) is 125 Å². The number of aryl methyl sites for hydroxylation is 1. The summed E-state index contributed by atoms with van der Waals surface area (Å²) in [5.41, 5.74) is 5.64. The number of furan rings is 1. The van der Waals surface area contributed by atoms with Crippen molar-refractivity contribution < 1.29 is 14.3 Å². The first-order valence-electron chi connectivity index (χ1n) is 8.27. The lowest BCUT2D eigenvalue weighted by molar-refractivity contribution is 0.0733. The molecular formula is C18H18N6O3. The quantitative estimate of drug-likeness (QED) is 0.565. The van der Waals surface area contributed by atoms with Crippen LogP contribution in [0.2, 0.25) is 0 Å². The van der Waals surface area contributed by atoms with Crippen molar-refractivity contribution in [1.82, 2.24) is 24.6 Å². The maximum absolute atomic E-state index is 10.1. The fourth-order valence-electron chi connectivity index (χ4n) is 2.59. The van der Waals surface area contributed by atoms with E-state index >= 15 is 0 Å². The molecule has 138 valence electrons. The molecule has 0 unspecified atom stereocenters. The van der Waals surface area contributed by atoms with Crippen molar-refractivity contribution in [2.24, 2.45) is 0 Å². The summed E-state index contributed by atoms with van der Waals surface area (Å²) in [6.07, 6.45) is 1.50. The number of ether oxygens (including phenoxy) is 1. The Labute approximate surface area is 154 Å². The number of fused-ring (bicyclic) bond motifs is 1. The van der Waals surface area contributed by atoms with Gasteiger partial charge in [0.2, 0.25) is 23.3 Å². The highest BCUT2D eigenvalue weighted by Gasteiger charge is 2.20. The number of hydrogen-bond donors (Lipinski definition) is 2. The molecule has 0 fully saturated rings. The predicted molar refractivity (Wildman–Crippen MR) is 97.2 cm³/mol. The van der Waals surface area contributed by atoms with E-state index in [1.165, 1.54) is 10.7 Å². The van der Waals surface area contributed by atoms with E-state index in [0.717, 1.165) is 5.76 Å². The molecule has 0 radical (unpaired) electrons. The molecule has 4 aromatic rings. The number of aromatic nitrogens is 5. The minimum Gasteiger partial charge on any atom is -0.458 e. The summed E-state index contributed by atoms with van der Waals surface area (Å²) < 4.78 is 13.0. The van der Waals surface area contributed by atoms with Crippen molar-refractivity contribution in [3.63, 3.8) is 0 Å². The molecule has 0 aliphatic heterocycles. The van der Waals surface area contributed by atoms with Gasteiger partial charge in [0.15, 0.2) is 11.5 Å².